The number of fused-ring (bicyclic) bond motifs is 1. The van der Waals surface area contributed by atoms with Gasteiger partial charge in [-0.25, -0.2) is 4.39 Å². The summed E-state index contributed by atoms with van der Waals surface area (Å²) in [5.74, 6) is -0.171. The van der Waals surface area contributed by atoms with E-state index in [1.807, 2.05) is 41.1 Å². The molecule has 2 nitrogen and oxygen atoms in total. The second-order valence-corrected chi connectivity index (χ2v) is 4.84. The Hall–Kier alpha value is -2.42. The molecule has 0 saturated heterocycles. The maximum absolute atomic E-state index is 12.8. The van der Waals surface area contributed by atoms with Gasteiger partial charge in [0.2, 0.25) is 0 Å². The Morgan fingerprint density at radius 2 is 1.75 bits per heavy atom. The lowest BCUT2D eigenvalue weighted by atomic mass is 10.1. The molecule has 0 fully saturated rings. The second kappa shape index (κ2) is 5.29. The van der Waals surface area contributed by atoms with Crippen molar-refractivity contribution >= 4 is 16.7 Å². The van der Waals surface area contributed by atoms with E-state index in [-0.39, 0.29) is 11.6 Å². The Bertz CT molecular complexity index is 743. The first kappa shape index (κ1) is 12.6. The quantitative estimate of drug-likeness (QED) is 0.708. The third-order valence-corrected chi connectivity index (χ3v) is 3.34. The maximum atomic E-state index is 12.8. The number of halogens is 1. The highest BCUT2D eigenvalue weighted by molar-refractivity contribution is 5.85. The highest BCUT2D eigenvalue weighted by Crippen LogP contribution is 2.15. The van der Waals surface area contributed by atoms with Gasteiger partial charge in [0.25, 0.3) is 0 Å². The number of hydrogen-bond acceptors (Lipinski definition) is 1. The summed E-state index contributed by atoms with van der Waals surface area (Å²) in [4.78, 5) is 12.1. The minimum Gasteiger partial charge on any atom is -0.340 e. The van der Waals surface area contributed by atoms with Crippen LogP contribution < -0.4 is 0 Å². The summed E-state index contributed by atoms with van der Waals surface area (Å²) in [7, 11) is 0. The normalized spacial score (nSPS) is 10.8. The van der Waals surface area contributed by atoms with Crippen molar-refractivity contribution in [1.82, 2.24) is 4.57 Å². The predicted octanol–water partition coefficient (Wildman–Crippen LogP) is 3.59. The van der Waals surface area contributed by atoms with Crippen molar-refractivity contribution in [2.24, 2.45) is 0 Å². The minimum atomic E-state index is -0.280. The fourth-order valence-electron chi connectivity index (χ4n) is 2.35. The van der Waals surface area contributed by atoms with Crippen LogP contribution in [-0.4, -0.2) is 10.4 Å². The van der Waals surface area contributed by atoms with Crippen LogP contribution in [0, 0.1) is 5.82 Å². The zero-order chi connectivity index (χ0) is 13.9. The van der Waals surface area contributed by atoms with Gasteiger partial charge in [0.05, 0.1) is 6.54 Å². The van der Waals surface area contributed by atoms with Crippen LogP contribution >= 0.6 is 0 Å². The van der Waals surface area contributed by atoms with E-state index in [1.54, 1.807) is 12.1 Å². The van der Waals surface area contributed by atoms with E-state index < -0.39 is 0 Å². The first-order valence-electron chi connectivity index (χ1n) is 6.52. The van der Waals surface area contributed by atoms with E-state index >= 15 is 0 Å². The molecule has 0 aliphatic carbocycles. The van der Waals surface area contributed by atoms with Crippen molar-refractivity contribution in [1.29, 1.82) is 0 Å². The van der Waals surface area contributed by atoms with Crippen molar-refractivity contribution < 1.29 is 9.18 Å². The molecule has 0 aliphatic heterocycles. The Morgan fingerprint density at radius 3 is 2.55 bits per heavy atom. The first-order chi connectivity index (χ1) is 9.72. The van der Waals surface area contributed by atoms with E-state index in [1.165, 1.54) is 12.1 Å². The van der Waals surface area contributed by atoms with Crippen LogP contribution in [0.5, 0.6) is 0 Å². The zero-order valence-electron chi connectivity index (χ0n) is 10.9. The highest BCUT2D eigenvalue weighted by atomic mass is 19.1. The average molecular weight is 267 g/mol. The van der Waals surface area contributed by atoms with Crippen LogP contribution in [0.2, 0.25) is 0 Å². The molecule has 0 unspecified atom stereocenters. The van der Waals surface area contributed by atoms with Crippen LogP contribution in [0.1, 0.15) is 5.56 Å². The molecule has 0 atom stereocenters. The molecule has 1 aromatic heterocycles. The summed E-state index contributed by atoms with van der Waals surface area (Å²) in [6, 6.07) is 16.0. The van der Waals surface area contributed by atoms with Crippen LogP contribution in [0.25, 0.3) is 10.9 Å². The van der Waals surface area contributed by atoms with E-state index in [2.05, 4.69) is 0 Å². The van der Waals surface area contributed by atoms with Gasteiger partial charge < -0.3 is 4.57 Å². The molecule has 0 N–H and O–H groups in total. The number of benzene rings is 2. The molecule has 0 saturated carbocycles. The van der Waals surface area contributed by atoms with Crippen molar-refractivity contribution in [2.45, 2.75) is 13.0 Å². The molecule has 3 aromatic rings. The summed E-state index contributed by atoms with van der Waals surface area (Å²) >= 11 is 0. The monoisotopic (exact) mass is 267 g/mol. The summed E-state index contributed by atoms with van der Waals surface area (Å²) in [6.45, 7) is 0.338. The number of carbonyl (C=O) groups is 1. The van der Waals surface area contributed by atoms with Gasteiger partial charge in [0.1, 0.15) is 5.82 Å². The fraction of sp³-hybridized carbons (Fsp3) is 0.118. The van der Waals surface area contributed by atoms with E-state index in [9.17, 15) is 9.18 Å². The van der Waals surface area contributed by atoms with Gasteiger partial charge in [-0.1, -0.05) is 30.3 Å². The molecule has 0 bridgehead atoms. The van der Waals surface area contributed by atoms with E-state index in [0.717, 1.165) is 16.5 Å². The molecule has 100 valence electrons. The molecule has 0 spiro atoms. The molecule has 1 heterocycles. The molecule has 0 aliphatic rings. The molecule has 20 heavy (non-hydrogen) atoms. The van der Waals surface area contributed by atoms with Crippen LogP contribution in [0.3, 0.4) is 0 Å². The molecular weight excluding hydrogens is 253 g/mol. The lowest BCUT2D eigenvalue weighted by Crippen LogP contribution is -2.11. The molecule has 2 aromatic carbocycles. The Balaban J connectivity index is 1.74. The number of nitrogens with zero attached hydrogens (tertiary/aromatic N) is 1. The molecular formula is C17H14FNO. The van der Waals surface area contributed by atoms with Gasteiger partial charge in [-0.2, -0.15) is 0 Å². The molecule has 0 amide bonds. The number of aromatic nitrogens is 1. The number of ketones is 1. The summed E-state index contributed by atoms with van der Waals surface area (Å²) < 4.78 is 14.8. The van der Waals surface area contributed by atoms with Gasteiger partial charge in [-0.3, -0.25) is 4.79 Å². The fourth-order valence-corrected chi connectivity index (χ4v) is 2.35. The second-order valence-electron chi connectivity index (χ2n) is 4.84. The van der Waals surface area contributed by atoms with Crippen molar-refractivity contribution in [3.8, 4) is 0 Å². The van der Waals surface area contributed by atoms with Gasteiger partial charge in [-0.05, 0) is 35.2 Å². The van der Waals surface area contributed by atoms with Gasteiger partial charge in [0, 0.05) is 18.1 Å². The number of carbonyl (C=O) groups excluding carboxylic acids is 1. The van der Waals surface area contributed by atoms with Gasteiger partial charge in [-0.15, -0.1) is 0 Å². The first-order valence-corrected chi connectivity index (χ1v) is 6.52. The molecule has 0 radical (unpaired) electrons. The summed E-state index contributed by atoms with van der Waals surface area (Å²) in [6.07, 6.45) is 2.25. The molecule has 3 rings (SSSR count). The predicted molar refractivity (Wildman–Crippen MR) is 77.0 cm³/mol. The minimum absolute atomic E-state index is 0.109. The van der Waals surface area contributed by atoms with Crippen LogP contribution in [0.15, 0.2) is 60.8 Å². The smallest absolute Gasteiger partial charge is 0.156 e. The summed E-state index contributed by atoms with van der Waals surface area (Å²) in [5, 5.41) is 1.13. The van der Waals surface area contributed by atoms with Crippen LogP contribution in [-0.2, 0) is 17.8 Å². The van der Waals surface area contributed by atoms with Crippen LogP contribution in [0.4, 0.5) is 4.39 Å². The van der Waals surface area contributed by atoms with Gasteiger partial charge in [0.15, 0.2) is 5.78 Å². The average Bonchev–Trinajstić information content (AvgIpc) is 2.85. The van der Waals surface area contributed by atoms with Crippen molar-refractivity contribution in [2.75, 3.05) is 0 Å². The van der Waals surface area contributed by atoms with E-state index in [4.69, 9.17) is 0 Å². The highest BCUT2D eigenvalue weighted by Gasteiger charge is 2.07. The lowest BCUT2D eigenvalue weighted by molar-refractivity contribution is -0.118. The standard InChI is InChI=1S/C17H14FNO/c18-15-7-5-13(6-8-15)11-16(20)12-19-10-9-14-3-1-2-4-17(14)19/h1-10H,11-12H2. The largest absolute Gasteiger partial charge is 0.340 e. The number of hydrogen-bond donors (Lipinski definition) is 0. The zero-order valence-corrected chi connectivity index (χ0v) is 10.9. The number of rotatable bonds is 4. The number of Topliss-reactive ketones (excluding diaryl/α,β-unsaturated/α-hetero) is 1. The third-order valence-electron chi connectivity index (χ3n) is 3.34. The SMILES string of the molecule is O=C(Cc1ccc(F)cc1)Cn1ccc2ccccc21. The van der Waals surface area contributed by atoms with Gasteiger partial charge >= 0.3 is 0 Å². The molecule has 3 heteroatoms. The van der Waals surface area contributed by atoms with Crippen molar-refractivity contribution in [3.63, 3.8) is 0 Å². The summed E-state index contributed by atoms with van der Waals surface area (Å²) in [5.41, 5.74) is 1.90. The Kier molecular flexibility index (Phi) is 3.33. The Labute approximate surface area is 116 Å². The third kappa shape index (κ3) is 2.62. The van der Waals surface area contributed by atoms with E-state index in [0.29, 0.717) is 13.0 Å². The Morgan fingerprint density at radius 1 is 1.00 bits per heavy atom. The maximum Gasteiger partial charge on any atom is 0.156 e. The topological polar surface area (TPSA) is 22.0 Å². The van der Waals surface area contributed by atoms with Crippen molar-refractivity contribution in [3.05, 3.63) is 72.2 Å². The lowest BCUT2D eigenvalue weighted by Gasteiger charge is -2.05. The number of para-hydroxylation sites is 1.